The summed E-state index contributed by atoms with van der Waals surface area (Å²) in [5.41, 5.74) is 0. The Kier molecular flexibility index (Phi) is 1.53. The molecule has 0 unspecified atom stereocenters. The van der Waals surface area contributed by atoms with Crippen molar-refractivity contribution in [3.05, 3.63) is 23.0 Å². The van der Waals surface area contributed by atoms with Crippen molar-refractivity contribution in [3.63, 3.8) is 0 Å². The van der Waals surface area contributed by atoms with E-state index in [9.17, 15) is 9.59 Å². The highest BCUT2D eigenvalue weighted by molar-refractivity contribution is 6.48. The van der Waals surface area contributed by atoms with Crippen LogP contribution in [0, 0.1) is 0 Å². The molecule has 4 N–H and O–H groups in total. The molecule has 0 heterocycles. The molecular weight excluding hydrogens is 168 g/mol. The summed E-state index contributed by atoms with van der Waals surface area (Å²) in [5.74, 6) is -7.84. The van der Waals surface area contributed by atoms with Crippen LogP contribution in [0.2, 0.25) is 0 Å². The largest absolute Gasteiger partial charge is 0.502 e. The maximum atomic E-state index is 10.6. The summed E-state index contributed by atoms with van der Waals surface area (Å²) in [6.07, 6.45) is 0. The molecule has 0 spiro atoms. The fraction of sp³-hybridized carbons (Fsp3) is 0. The summed E-state index contributed by atoms with van der Waals surface area (Å²) in [6, 6.07) is 0. The minimum atomic E-state index is -1.46. The van der Waals surface area contributed by atoms with Gasteiger partial charge in [0.15, 0.2) is 0 Å². The number of allylic oxidation sites excluding steroid dienone is 2. The molecule has 64 valence electrons. The third kappa shape index (κ3) is 0.815. The van der Waals surface area contributed by atoms with Crippen LogP contribution in [-0.2, 0) is 9.59 Å². The molecule has 1 aliphatic carbocycles. The number of carbonyl (C=O) groups is 2. The zero-order valence-corrected chi connectivity index (χ0v) is 5.61. The van der Waals surface area contributed by atoms with E-state index in [4.69, 9.17) is 20.4 Å². The van der Waals surface area contributed by atoms with Gasteiger partial charge in [0, 0.05) is 0 Å². The first-order valence-electron chi connectivity index (χ1n) is 2.80. The summed E-state index contributed by atoms with van der Waals surface area (Å²) >= 11 is 0. The van der Waals surface area contributed by atoms with Crippen LogP contribution in [0.15, 0.2) is 23.0 Å². The maximum absolute atomic E-state index is 10.6. The molecule has 0 atom stereocenters. The molecule has 6 heteroatoms. The molecular formula is C6H4O6. The summed E-state index contributed by atoms with van der Waals surface area (Å²) < 4.78 is 0. The molecule has 1 aliphatic rings. The third-order valence-corrected chi connectivity index (χ3v) is 1.31. The number of ketones is 2. The van der Waals surface area contributed by atoms with Crippen molar-refractivity contribution in [2.45, 2.75) is 0 Å². The normalized spacial score (nSPS) is 19.0. The van der Waals surface area contributed by atoms with Gasteiger partial charge < -0.3 is 20.4 Å². The smallest absolute Gasteiger partial charge is 0.275 e. The van der Waals surface area contributed by atoms with E-state index in [0.717, 1.165) is 0 Å². The molecule has 0 fully saturated rings. The topological polar surface area (TPSA) is 115 Å². The average molecular weight is 172 g/mol. The Labute approximate surface area is 65.7 Å². The number of rotatable bonds is 0. The summed E-state index contributed by atoms with van der Waals surface area (Å²) in [7, 11) is 0. The molecule has 0 aromatic carbocycles. The first-order chi connectivity index (χ1) is 5.46. The van der Waals surface area contributed by atoms with E-state index in [1.807, 2.05) is 0 Å². The Bertz CT molecular complexity index is 285. The van der Waals surface area contributed by atoms with Crippen LogP contribution in [0.1, 0.15) is 0 Å². The Hall–Kier alpha value is -1.98. The lowest BCUT2D eigenvalue weighted by Gasteiger charge is -2.09. The second kappa shape index (κ2) is 2.26. The monoisotopic (exact) mass is 172 g/mol. The van der Waals surface area contributed by atoms with Crippen LogP contribution in [0.5, 0.6) is 0 Å². The van der Waals surface area contributed by atoms with Gasteiger partial charge in [-0.1, -0.05) is 0 Å². The van der Waals surface area contributed by atoms with Gasteiger partial charge in [0.2, 0.25) is 23.0 Å². The van der Waals surface area contributed by atoms with E-state index >= 15 is 0 Å². The number of hydrogen-bond donors (Lipinski definition) is 4. The quantitative estimate of drug-likeness (QED) is 0.297. The van der Waals surface area contributed by atoms with E-state index in [2.05, 4.69) is 0 Å². The van der Waals surface area contributed by atoms with E-state index in [1.165, 1.54) is 0 Å². The third-order valence-electron chi connectivity index (χ3n) is 1.31. The van der Waals surface area contributed by atoms with Crippen LogP contribution in [0.3, 0.4) is 0 Å². The van der Waals surface area contributed by atoms with Gasteiger partial charge in [0.05, 0.1) is 0 Å². The molecule has 0 radical (unpaired) electrons. The fourth-order valence-corrected chi connectivity index (χ4v) is 0.654. The number of carbonyl (C=O) groups excluding carboxylic acids is 2. The standard InChI is InChI=1S/C6H4O6/c7-1-2(8)4(10)6(12)5(11)3(1)9/h7-10H. The minimum Gasteiger partial charge on any atom is -0.502 e. The number of aliphatic hydroxyl groups excluding tert-OH is 4. The highest BCUT2D eigenvalue weighted by Gasteiger charge is 2.35. The lowest BCUT2D eigenvalue weighted by Crippen LogP contribution is -2.26. The zero-order valence-electron chi connectivity index (χ0n) is 5.61. The van der Waals surface area contributed by atoms with Gasteiger partial charge >= 0.3 is 0 Å². The number of aliphatic hydroxyl groups is 4. The lowest BCUT2D eigenvalue weighted by molar-refractivity contribution is -0.135. The van der Waals surface area contributed by atoms with Crippen LogP contribution in [0.25, 0.3) is 0 Å². The Morgan fingerprint density at radius 2 is 0.833 bits per heavy atom. The molecule has 0 aromatic heterocycles. The van der Waals surface area contributed by atoms with Crippen LogP contribution < -0.4 is 0 Å². The van der Waals surface area contributed by atoms with Crippen LogP contribution >= 0.6 is 0 Å². The van der Waals surface area contributed by atoms with E-state index in [1.54, 1.807) is 0 Å². The fourth-order valence-electron chi connectivity index (χ4n) is 0.654. The van der Waals surface area contributed by atoms with Gasteiger partial charge in [0.25, 0.3) is 11.6 Å². The molecule has 0 saturated heterocycles. The Morgan fingerprint density at radius 1 is 0.583 bits per heavy atom. The van der Waals surface area contributed by atoms with Crippen LogP contribution in [-0.4, -0.2) is 32.0 Å². The highest BCUT2D eigenvalue weighted by Crippen LogP contribution is 2.18. The molecule has 0 aliphatic heterocycles. The van der Waals surface area contributed by atoms with Crippen molar-refractivity contribution in [2.75, 3.05) is 0 Å². The number of Topliss-reactive ketones (excluding diaryl/α,β-unsaturated/α-hetero) is 2. The molecule has 1 rings (SSSR count). The van der Waals surface area contributed by atoms with Gasteiger partial charge in [-0.25, -0.2) is 0 Å². The minimum absolute atomic E-state index is 1.20. The van der Waals surface area contributed by atoms with Crippen LogP contribution in [0.4, 0.5) is 0 Å². The van der Waals surface area contributed by atoms with Crippen molar-refractivity contribution in [2.24, 2.45) is 0 Å². The van der Waals surface area contributed by atoms with Gasteiger partial charge in [-0.2, -0.15) is 0 Å². The molecule has 12 heavy (non-hydrogen) atoms. The van der Waals surface area contributed by atoms with Crippen molar-refractivity contribution >= 4 is 11.6 Å². The molecule has 0 bridgehead atoms. The van der Waals surface area contributed by atoms with Crippen molar-refractivity contribution in [1.29, 1.82) is 0 Å². The van der Waals surface area contributed by atoms with Gasteiger partial charge in [-0.3, -0.25) is 9.59 Å². The lowest BCUT2D eigenvalue weighted by atomic mass is 10.1. The second-order valence-corrected chi connectivity index (χ2v) is 2.05. The molecule has 0 aromatic rings. The van der Waals surface area contributed by atoms with Gasteiger partial charge in [-0.05, 0) is 0 Å². The highest BCUT2D eigenvalue weighted by atomic mass is 16.4. The molecule has 0 amide bonds. The zero-order chi connectivity index (χ0) is 9.46. The summed E-state index contributed by atoms with van der Waals surface area (Å²) in [5, 5.41) is 34.7. The van der Waals surface area contributed by atoms with E-state index < -0.39 is 34.6 Å². The average Bonchev–Trinajstić information content (AvgIpc) is 2.08. The van der Waals surface area contributed by atoms with Crippen molar-refractivity contribution in [3.8, 4) is 0 Å². The summed E-state index contributed by atoms with van der Waals surface area (Å²) in [6.45, 7) is 0. The van der Waals surface area contributed by atoms with E-state index in [-0.39, 0.29) is 0 Å². The predicted molar refractivity (Wildman–Crippen MR) is 34.6 cm³/mol. The molecule has 6 nitrogen and oxygen atoms in total. The Morgan fingerprint density at radius 3 is 1.08 bits per heavy atom. The van der Waals surface area contributed by atoms with Gasteiger partial charge in [0.1, 0.15) is 0 Å². The second-order valence-electron chi connectivity index (χ2n) is 2.05. The van der Waals surface area contributed by atoms with E-state index in [0.29, 0.717) is 0 Å². The SMILES string of the molecule is O=C1C(=O)C(O)=C(O)C(O)=C1O. The number of hydrogen-bond acceptors (Lipinski definition) is 6. The van der Waals surface area contributed by atoms with Crippen molar-refractivity contribution < 1.29 is 30.0 Å². The van der Waals surface area contributed by atoms with Crippen molar-refractivity contribution in [1.82, 2.24) is 0 Å². The Balaban J connectivity index is 3.37. The molecule has 0 saturated carbocycles. The maximum Gasteiger partial charge on any atom is 0.275 e. The predicted octanol–water partition coefficient (Wildman–Crippen LogP) is -0.207. The summed E-state index contributed by atoms with van der Waals surface area (Å²) in [4.78, 5) is 21.1. The van der Waals surface area contributed by atoms with Gasteiger partial charge in [-0.15, -0.1) is 0 Å². The first kappa shape index (κ1) is 8.12. The first-order valence-corrected chi connectivity index (χ1v) is 2.80.